The maximum Gasteiger partial charge on any atom is 0.337 e. The minimum atomic E-state index is -0.702. The number of carbonyl (C=O) groups is 2. The first-order valence-corrected chi connectivity index (χ1v) is 12.9. The first-order chi connectivity index (χ1) is 16.9. The lowest BCUT2D eigenvalue weighted by Gasteiger charge is -2.31. The summed E-state index contributed by atoms with van der Waals surface area (Å²) in [6.45, 7) is 11.1. The molecule has 1 amide bonds. The van der Waals surface area contributed by atoms with Gasteiger partial charge in [-0.3, -0.25) is 4.79 Å². The Hall–Kier alpha value is -3.21. The molecule has 36 heavy (non-hydrogen) atoms. The minimum Gasteiger partial charge on any atom is -0.457 e. The predicted molar refractivity (Wildman–Crippen MR) is 146 cm³/mol. The van der Waals surface area contributed by atoms with Gasteiger partial charge in [0.2, 0.25) is 5.91 Å². The number of dihydropyridines is 1. The SMILES string of the molecule is CC1=C(C(=O)OC(C)(C)C)[C@@H](c2ccc(Cl)cc2)C(C#N)=C(SCC(=O)Nc2cccc(C)c2C)N1. The first kappa shape index (κ1) is 27.4. The van der Waals surface area contributed by atoms with Crippen LogP contribution in [0, 0.1) is 25.2 Å². The molecule has 2 aromatic carbocycles. The van der Waals surface area contributed by atoms with E-state index in [4.69, 9.17) is 16.3 Å². The van der Waals surface area contributed by atoms with Gasteiger partial charge in [0, 0.05) is 16.4 Å². The van der Waals surface area contributed by atoms with Crippen molar-refractivity contribution in [2.45, 2.75) is 53.1 Å². The third-order valence-electron chi connectivity index (χ3n) is 5.70. The average Bonchev–Trinajstić information content (AvgIpc) is 2.79. The molecule has 0 spiro atoms. The Labute approximate surface area is 221 Å². The highest BCUT2D eigenvalue weighted by Crippen LogP contribution is 2.41. The summed E-state index contributed by atoms with van der Waals surface area (Å²) in [5.41, 5.74) is 4.15. The number of benzene rings is 2. The quantitative estimate of drug-likeness (QED) is 0.428. The second kappa shape index (κ2) is 11.2. The van der Waals surface area contributed by atoms with Crippen LogP contribution in [0.25, 0.3) is 0 Å². The van der Waals surface area contributed by atoms with E-state index in [0.29, 0.717) is 26.9 Å². The summed E-state index contributed by atoms with van der Waals surface area (Å²) in [4.78, 5) is 26.0. The van der Waals surface area contributed by atoms with E-state index in [1.165, 1.54) is 11.8 Å². The molecular formula is C28H30ClN3O3S. The summed E-state index contributed by atoms with van der Waals surface area (Å²) in [6.07, 6.45) is 0. The lowest BCUT2D eigenvalue weighted by molar-refractivity contribution is -0.150. The van der Waals surface area contributed by atoms with Crippen LogP contribution in [-0.4, -0.2) is 23.2 Å². The lowest BCUT2D eigenvalue weighted by Crippen LogP contribution is -2.32. The van der Waals surface area contributed by atoms with Crippen molar-refractivity contribution < 1.29 is 14.3 Å². The summed E-state index contributed by atoms with van der Waals surface area (Å²) in [7, 11) is 0. The number of rotatable bonds is 6. The van der Waals surface area contributed by atoms with Gasteiger partial charge in [0.05, 0.1) is 33.9 Å². The Kier molecular flexibility index (Phi) is 8.55. The molecule has 0 saturated carbocycles. The average molecular weight is 524 g/mol. The van der Waals surface area contributed by atoms with E-state index >= 15 is 0 Å². The molecule has 0 radical (unpaired) electrons. The number of anilines is 1. The van der Waals surface area contributed by atoms with Crippen LogP contribution in [-0.2, 0) is 14.3 Å². The molecule has 1 atom stereocenters. The zero-order valence-corrected chi connectivity index (χ0v) is 22.9. The van der Waals surface area contributed by atoms with Crippen molar-refractivity contribution in [3.63, 3.8) is 0 Å². The fourth-order valence-electron chi connectivity index (χ4n) is 3.83. The Morgan fingerprint density at radius 1 is 1.14 bits per heavy atom. The fraction of sp³-hybridized carbons (Fsp3) is 0.321. The van der Waals surface area contributed by atoms with Crippen molar-refractivity contribution in [2.75, 3.05) is 11.1 Å². The van der Waals surface area contributed by atoms with Crippen LogP contribution in [0.3, 0.4) is 0 Å². The molecule has 1 aliphatic heterocycles. The maximum absolute atomic E-state index is 13.2. The number of aryl methyl sites for hydroxylation is 1. The summed E-state index contributed by atoms with van der Waals surface area (Å²) in [5, 5.41) is 17.4. The molecule has 188 valence electrons. The predicted octanol–water partition coefficient (Wildman–Crippen LogP) is 6.37. The van der Waals surface area contributed by atoms with Crippen LogP contribution in [0.1, 0.15) is 50.3 Å². The second-order valence-electron chi connectivity index (χ2n) is 9.59. The summed E-state index contributed by atoms with van der Waals surface area (Å²) >= 11 is 7.32. The van der Waals surface area contributed by atoms with Gasteiger partial charge in [0.15, 0.2) is 0 Å². The van der Waals surface area contributed by atoms with Crippen LogP contribution in [0.2, 0.25) is 5.02 Å². The van der Waals surface area contributed by atoms with Crippen LogP contribution in [0.15, 0.2) is 64.3 Å². The van der Waals surface area contributed by atoms with E-state index in [1.807, 2.05) is 32.0 Å². The number of thioether (sulfide) groups is 1. The van der Waals surface area contributed by atoms with Crippen LogP contribution >= 0.6 is 23.4 Å². The smallest absolute Gasteiger partial charge is 0.337 e. The van der Waals surface area contributed by atoms with Crippen molar-refractivity contribution in [1.82, 2.24) is 5.32 Å². The van der Waals surface area contributed by atoms with Gasteiger partial charge in [-0.15, -0.1) is 0 Å². The number of nitrogens with zero attached hydrogens (tertiary/aromatic N) is 1. The number of hydrogen-bond acceptors (Lipinski definition) is 6. The molecule has 0 fully saturated rings. The number of allylic oxidation sites excluding steroid dienone is 2. The van der Waals surface area contributed by atoms with E-state index in [0.717, 1.165) is 22.4 Å². The number of halogens is 1. The normalized spacial score (nSPS) is 15.8. The van der Waals surface area contributed by atoms with Gasteiger partial charge in [-0.1, -0.05) is 47.6 Å². The number of nitriles is 1. The number of amides is 1. The number of ether oxygens (including phenoxy) is 1. The standard InChI is InChI=1S/C28H30ClN3O3S/c1-16-8-7-9-22(17(16)2)32-23(33)15-36-26-21(14-30)25(19-10-12-20(29)13-11-19)24(18(3)31-26)27(34)35-28(4,5)6/h7-13,25,31H,15H2,1-6H3,(H,32,33)/t25-/m0/s1. The fourth-order valence-corrected chi connectivity index (χ4v) is 4.85. The largest absolute Gasteiger partial charge is 0.457 e. The second-order valence-corrected chi connectivity index (χ2v) is 11.0. The topological polar surface area (TPSA) is 91.2 Å². The van der Waals surface area contributed by atoms with Gasteiger partial charge in [0.1, 0.15) is 5.60 Å². The maximum atomic E-state index is 13.2. The Bertz CT molecular complexity index is 1280. The number of carbonyl (C=O) groups excluding carboxylic acids is 2. The molecule has 0 aliphatic carbocycles. The van der Waals surface area contributed by atoms with Gasteiger partial charge in [-0.2, -0.15) is 5.26 Å². The summed E-state index contributed by atoms with van der Waals surface area (Å²) in [5.74, 6) is -1.27. The van der Waals surface area contributed by atoms with Crippen LogP contribution in [0.4, 0.5) is 5.69 Å². The molecule has 0 bridgehead atoms. The summed E-state index contributed by atoms with van der Waals surface area (Å²) < 4.78 is 5.67. The molecule has 6 nitrogen and oxygen atoms in total. The van der Waals surface area contributed by atoms with Gasteiger partial charge < -0.3 is 15.4 Å². The molecule has 1 aliphatic rings. The Balaban J connectivity index is 1.92. The van der Waals surface area contributed by atoms with E-state index < -0.39 is 17.5 Å². The first-order valence-electron chi connectivity index (χ1n) is 11.5. The van der Waals surface area contributed by atoms with Gasteiger partial charge in [0.25, 0.3) is 0 Å². The molecule has 3 rings (SSSR count). The minimum absolute atomic E-state index is 0.0866. The lowest BCUT2D eigenvalue weighted by atomic mass is 9.82. The number of esters is 1. The van der Waals surface area contributed by atoms with Gasteiger partial charge in [-0.25, -0.2) is 4.79 Å². The molecule has 2 N–H and O–H groups in total. The van der Waals surface area contributed by atoms with Crippen molar-refractivity contribution in [3.8, 4) is 6.07 Å². The van der Waals surface area contributed by atoms with Gasteiger partial charge in [-0.05, 0) is 76.4 Å². The van der Waals surface area contributed by atoms with E-state index in [2.05, 4.69) is 16.7 Å². The van der Waals surface area contributed by atoms with Crippen molar-refractivity contribution >= 4 is 40.9 Å². The zero-order valence-electron chi connectivity index (χ0n) is 21.3. The third-order valence-corrected chi connectivity index (χ3v) is 6.97. The molecule has 2 aromatic rings. The van der Waals surface area contributed by atoms with Gasteiger partial charge >= 0.3 is 5.97 Å². The van der Waals surface area contributed by atoms with E-state index in [9.17, 15) is 14.9 Å². The number of hydrogen-bond donors (Lipinski definition) is 2. The zero-order chi connectivity index (χ0) is 26.6. The molecule has 8 heteroatoms. The monoisotopic (exact) mass is 523 g/mol. The molecule has 0 saturated heterocycles. The summed E-state index contributed by atoms with van der Waals surface area (Å²) in [6, 6.07) is 15.0. The third kappa shape index (κ3) is 6.51. The molecule has 0 aromatic heterocycles. The molecular weight excluding hydrogens is 494 g/mol. The molecule has 0 unspecified atom stereocenters. The van der Waals surface area contributed by atoms with Crippen molar-refractivity contribution in [1.29, 1.82) is 5.26 Å². The highest BCUT2D eigenvalue weighted by atomic mass is 35.5. The van der Waals surface area contributed by atoms with Crippen molar-refractivity contribution in [2.24, 2.45) is 0 Å². The number of nitrogens with one attached hydrogen (secondary N) is 2. The van der Waals surface area contributed by atoms with E-state index in [1.54, 1.807) is 52.0 Å². The highest BCUT2D eigenvalue weighted by molar-refractivity contribution is 8.03. The van der Waals surface area contributed by atoms with Crippen LogP contribution < -0.4 is 10.6 Å². The Morgan fingerprint density at radius 2 is 1.81 bits per heavy atom. The Morgan fingerprint density at radius 3 is 2.42 bits per heavy atom. The molecule has 1 heterocycles. The van der Waals surface area contributed by atoms with E-state index in [-0.39, 0.29) is 11.7 Å². The van der Waals surface area contributed by atoms with Crippen LogP contribution in [0.5, 0.6) is 0 Å². The highest BCUT2D eigenvalue weighted by Gasteiger charge is 2.37. The van der Waals surface area contributed by atoms with Crippen molar-refractivity contribution in [3.05, 3.63) is 86.0 Å².